The summed E-state index contributed by atoms with van der Waals surface area (Å²) in [6.07, 6.45) is 0.471. The lowest BCUT2D eigenvalue weighted by Crippen LogP contribution is -2.14. The van der Waals surface area contributed by atoms with E-state index in [0.717, 1.165) is 16.7 Å². The number of hydrogen-bond acceptors (Lipinski definition) is 2. The van der Waals surface area contributed by atoms with Gasteiger partial charge in [0.1, 0.15) is 0 Å². The van der Waals surface area contributed by atoms with E-state index < -0.39 is 11.9 Å². The summed E-state index contributed by atoms with van der Waals surface area (Å²) >= 11 is 0. The molecule has 106 valence electrons. The maximum atomic E-state index is 13.6. The maximum absolute atomic E-state index is 13.6. The SMILES string of the molecule is COc1ccc(CC(O)Cc2ccccc2C)cc1F. The minimum atomic E-state index is -0.524. The molecule has 1 atom stereocenters. The largest absolute Gasteiger partial charge is 0.494 e. The first-order valence-electron chi connectivity index (χ1n) is 6.65. The second-order valence-corrected chi connectivity index (χ2v) is 4.96. The van der Waals surface area contributed by atoms with E-state index in [1.54, 1.807) is 12.1 Å². The number of ether oxygens (including phenoxy) is 1. The molecular weight excluding hydrogens is 255 g/mol. The second kappa shape index (κ2) is 6.53. The second-order valence-electron chi connectivity index (χ2n) is 4.96. The van der Waals surface area contributed by atoms with Crippen molar-refractivity contribution in [3.63, 3.8) is 0 Å². The molecule has 0 spiro atoms. The van der Waals surface area contributed by atoms with Gasteiger partial charge in [-0.3, -0.25) is 0 Å². The van der Waals surface area contributed by atoms with E-state index >= 15 is 0 Å². The monoisotopic (exact) mass is 274 g/mol. The average Bonchev–Trinajstić information content (AvgIpc) is 2.41. The van der Waals surface area contributed by atoms with Gasteiger partial charge in [-0.15, -0.1) is 0 Å². The van der Waals surface area contributed by atoms with Crippen LogP contribution in [0.5, 0.6) is 5.75 Å². The molecular formula is C17H19FO2. The van der Waals surface area contributed by atoms with Gasteiger partial charge in [-0.1, -0.05) is 30.3 Å². The Bertz CT molecular complexity index is 581. The zero-order valence-corrected chi connectivity index (χ0v) is 11.8. The van der Waals surface area contributed by atoms with Crippen molar-refractivity contribution in [2.24, 2.45) is 0 Å². The molecule has 0 heterocycles. The van der Waals surface area contributed by atoms with E-state index in [4.69, 9.17) is 4.74 Å². The molecule has 2 nitrogen and oxygen atoms in total. The lowest BCUT2D eigenvalue weighted by molar-refractivity contribution is 0.175. The summed E-state index contributed by atoms with van der Waals surface area (Å²) in [7, 11) is 1.44. The van der Waals surface area contributed by atoms with Crippen LogP contribution in [0.3, 0.4) is 0 Å². The molecule has 0 aromatic heterocycles. The smallest absolute Gasteiger partial charge is 0.165 e. The molecule has 0 fully saturated rings. The number of aliphatic hydroxyl groups excluding tert-OH is 1. The fraction of sp³-hybridized carbons (Fsp3) is 0.294. The van der Waals surface area contributed by atoms with Crippen molar-refractivity contribution in [1.82, 2.24) is 0 Å². The predicted octanol–water partition coefficient (Wildman–Crippen LogP) is 3.29. The molecule has 1 unspecified atom stereocenters. The fourth-order valence-corrected chi connectivity index (χ4v) is 2.27. The number of hydrogen-bond donors (Lipinski definition) is 1. The summed E-state index contributed by atoms with van der Waals surface area (Å²) in [4.78, 5) is 0. The molecule has 0 aliphatic heterocycles. The number of benzene rings is 2. The summed E-state index contributed by atoms with van der Waals surface area (Å²) in [5.74, 6) is -0.171. The van der Waals surface area contributed by atoms with Crippen molar-refractivity contribution < 1.29 is 14.2 Å². The number of halogens is 1. The third kappa shape index (κ3) is 3.58. The van der Waals surface area contributed by atoms with Crippen LogP contribution in [0.4, 0.5) is 4.39 Å². The van der Waals surface area contributed by atoms with E-state index in [9.17, 15) is 9.50 Å². The Morgan fingerprint density at radius 2 is 1.90 bits per heavy atom. The highest BCUT2D eigenvalue weighted by Crippen LogP contribution is 2.19. The molecule has 20 heavy (non-hydrogen) atoms. The van der Waals surface area contributed by atoms with Crippen LogP contribution in [0.1, 0.15) is 16.7 Å². The van der Waals surface area contributed by atoms with E-state index in [-0.39, 0.29) is 5.75 Å². The normalized spacial score (nSPS) is 12.2. The lowest BCUT2D eigenvalue weighted by atomic mass is 9.98. The standard InChI is InChI=1S/C17H19FO2/c1-12-5-3-4-6-14(12)11-15(19)9-13-7-8-17(20-2)16(18)10-13/h3-8,10,15,19H,9,11H2,1-2H3. The first-order chi connectivity index (χ1) is 9.60. The Balaban J connectivity index is 2.03. The minimum Gasteiger partial charge on any atom is -0.494 e. The van der Waals surface area contributed by atoms with Crippen LogP contribution >= 0.6 is 0 Å². The van der Waals surface area contributed by atoms with Gasteiger partial charge in [0, 0.05) is 0 Å². The number of rotatable bonds is 5. The summed E-state index contributed by atoms with van der Waals surface area (Å²) in [6.45, 7) is 2.02. The van der Waals surface area contributed by atoms with Crippen LogP contribution in [-0.2, 0) is 12.8 Å². The molecule has 2 aromatic carbocycles. The molecule has 1 N–H and O–H groups in total. The minimum absolute atomic E-state index is 0.224. The molecule has 0 amide bonds. The lowest BCUT2D eigenvalue weighted by Gasteiger charge is -2.13. The van der Waals surface area contributed by atoms with Gasteiger partial charge in [-0.2, -0.15) is 0 Å². The van der Waals surface area contributed by atoms with E-state index in [1.807, 2.05) is 31.2 Å². The molecule has 2 aromatic rings. The van der Waals surface area contributed by atoms with Crippen molar-refractivity contribution in [1.29, 1.82) is 0 Å². The number of aryl methyl sites for hydroxylation is 1. The predicted molar refractivity (Wildman–Crippen MR) is 77.5 cm³/mol. The third-order valence-corrected chi connectivity index (χ3v) is 3.40. The molecule has 0 bridgehead atoms. The quantitative estimate of drug-likeness (QED) is 0.906. The van der Waals surface area contributed by atoms with Gasteiger partial charge in [0.25, 0.3) is 0 Å². The summed E-state index contributed by atoms with van der Waals surface area (Å²) in [5.41, 5.74) is 3.05. The summed E-state index contributed by atoms with van der Waals surface area (Å²) < 4.78 is 18.5. The van der Waals surface area contributed by atoms with Gasteiger partial charge in [0.2, 0.25) is 0 Å². The van der Waals surface area contributed by atoms with Gasteiger partial charge < -0.3 is 9.84 Å². The fourth-order valence-electron chi connectivity index (χ4n) is 2.27. The zero-order valence-electron chi connectivity index (χ0n) is 11.8. The Morgan fingerprint density at radius 1 is 1.15 bits per heavy atom. The van der Waals surface area contributed by atoms with Gasteiger partial charge in [0.15, 0.2) is 11.6 Å². The third-order valence-electron chi connectivity index (χ3n) is 3.40. The van der Waals surface area contributed by atoms with Crippen LogP contribution in [-0.4, -0.2) is 18.3 Å². The van der Waals surface area contributed by atoms with Gasteiger partial charge in [0.05, 0.1) is 13.2 Å². The van der Waals surface area contributed by atoms with Crippen LogP contribution < -0.4 is 4.74 Å². The van der Waals surface area contributed by atoms with Crippen LogP contribution in [0.15, 0.2) is 42.5 Å². The molecule has 2 rings (SSSR count). The van der Waals surface area contributed by atoms with Crippen LogP contribution in [0, 0.1) is 12.7 Å². The maximum Gasteiger partial charge on any atom is 0.165 e. The van der Waals surface area contributed by atoms with Crippen molar-refractivity contribution in [3.8, 4) is 5.75 Å². The topological polar surface area (TPSA) is 29.5 Å². The summed E-state index contributed by atoms with van der Waals surface area (Å²) in [6, 6.07) is 12.8. The average molecular weight is 274 g/mol. The van der Waals surface area contributed by atoms with E-state index in [0.29, 0.717) is 12.8 Å². The van der Waals surface area contributed by atoms with Gasteiger partial charge in [-0.05, 0) is 48.6 Å². The zero-order chi connectivity index (χ0) is 14.5. The first kappa shape index (κ1) is 14.5. The first-order valence-corrected chi connectivity index (χ1v) is 6.65. The molecule has 0 aliphatic carbocycles. The molecule has 0 saturated heterocycles. The Morgan fingerprint density at radius 3 is 2.55 bits per heavy atom. The van der Waals surface area contributed by atoms with E-state index in [1.165, 1.54) is 13.2 Å². The van der Waals surface area contributed by atoms with Gasteiger partial charge >= 0.3 is 0 Å². The number of aliphatic hydroxyl groups is 1. The summed E-state index contributed by atoms with van der Waals surface area (Å²) in [5, 5.41) is 10.1. The van der Waals surface area contributed by atoms with Crippen molar-refractivity contribution in [3.05, 3.63) is 65.0 Å². The van der Waals surface area contributed by atoms with Crippen molar-refractivity contribution >= 4 is 0 Å². The highest BCUT2D eigenvalue weighted by atomic mass is 19.1. The van der Waals surface area contributed by atoms with Crippen molar-refractivity contribution in [2.45, 2.75) is 25.9 Å². The highest BCUT2D eigenvalue weighted by Gasteiger charge is 2.10. The Kier molecular flexibility index (Phi) is 4.74. The van der Waals surface area contributed by atoms with Crippen LogP contribution in [0.2, 0.25) is 0 Å². The van der Waals surface area contributed by atoms with E-state index in [2.05, 4.69) is 0 Å². The molecule has 0 saturated carbocycles. The number of methoxy groups -OCH3 is 1. The van der Waals surface area contributed by atoms with Gasteiger partial charge in [-0.25, -0.2) is 4.39 Å². The highest BCUT2D eigenvalue weighted by molar-refractivity contribution is 5.30. The molecule has 0 aliphatic rings. The Hall–Kier alpha value is -1.87. The molecule has 3 heteroatoms. The van der Waals surface area contributed by atoms with Crippen LogP contribution in [0.25, 0.3) is 0 Å². The van der Waals surface area contributed by atoms with Crippen molar-refractivity contribution in [2.75, 3.05) is 7.11 Å². The molecule has 0 radical (unpaired) electrons. The Labute approximate surface area is 118 Å².